The first kappa shape index (κ1) is 28.6. The maximum Gasteiger partial charge on any atom is 0.387 e. The Bertz CT molecular complexity index is 695. The van der Waals surface area contributed by atoms with Crippen LogP contribution in [-0.2, 0) is 11.2 Å². The van der Waals surface area contributed by atoms with E-state index in [1.807, 2.05) is 13.0 Å². The van der Waals surface area contributed by atoms with Crippen LogP contribution in [0.4, 0.5) is 8.78 Å². The number of rotatable bonds is 11. The highest BCUT2D eigenvalue weighted by atomic mass is 127. The number of hydrogen-bond donors (Lipinski definition) is 2. The van der Waals surface area contributed by atoms with Gasteiger partial charge in [0.2, 0.25) is 0 Å². The van der Waals surface area contributed by atoms with E-state index in [0.29, 0.717) is 31.4 Å². The number of hydrogen-bond acceptors (Lipinski definition) is 5. The highest BCUT2D eigenvalue weighted by Gasteiger charge is 2.20. The van der Waals surface area contributed by atoms with Crippen LogP contribution in [0.3, 0.4) is 0 Å². The van der Waals surface area contributed by atoms with Gasteiger partial charge in [0.05, 0.1) is 26.4 Å². The van der Waals surface area contributed by atoms with Crippen LogP contribution in [0.2, 0.25) is 0 Å². The molecule has 1 heterocycles. The molecule has 7 nitrogen and oxygen atoms in total. The van der Waals surface area contributed by atoms with Gasteiger partial charge in [-0.3, -0.25) is 9.89 Å². The molecule has 1 saturated heterocycles. The molecule has 1 unspecified atom stereocenters. The molecular formula is C22H37F2IN4O3. The minimum absolute atomic E-state index is 0. The molecule has 0 saturated carbocycles. The maximum atomic E-state index is 12.6. The fourth-order valence-corrected chi connectivity index (χ4v) is 3.50. The quantitative estimate of drug-likeness (QED) is 0.242. The molecule has 32 heavy (non-hydrogen) atoms. The van der Waals surface area contributed by atoms with E-state index in [2.05, 4.69) is 39.1 Å². The molecule has 1 aromatic carbocycles. The predicted molar refractivity (Wildman–Crippen MR) is 134 cm³/mol. The van der Waals surface area contributed by atoms with Crippen LogP contribution in [0, 0.1) is 5.92 Å². The molecule has 0 bridgehead atoms. The van der Waals surface area contributed by atoms with Crippen molar-refractivity contribution in [2.45, 2.75) is 39.9 Å². The van der Waals surface area contributed by atoms with Crippen molar-refractivity contribution in [1.29, 1.82) is 0 Å². The molecule has 0 amide bonds. The Hall–Kier alpha value is -1.40. The van der Waals surface area contributed by atoms with Gasteiger partial charge < -0.3 is 24.8 Å². The second-order valence-corrected chi connectivity index (χ2v) is 7.91. The second-order valence-electron chi connectivity index (χ2n) is 7.91. The first-order valence-electron chi connectivity index (χ1n) is 10.9. The molecule has 0 radical (unpaired) electrons. The zero-order valence-corrected chi connectivity index (χ0v) is 21.7. The molecule has 1 atom stereocenters. The van der Waals surface area contributed by atoms with Crippen molar-refractivity contribution in [3.63, 3.8) is 0 Å². The summed E-state index contributed by atoms with van der Waals surface area (Å²) in [6.45, 7) is 9.14. The van der Waals surface area contributed by atoms with Gasteiger partial charge in [-0.2, -0.15) is 8.78 Å². The lowest BCUT2D eigenvalue weighted by molar-refractivity contribution is -0.0512. The lowest BCUT2D eigenvalue weighted by Gasteiger charge is -2.33. The van der Waals surface area contributed by atoms with Crippen molar-refractivity contribution in [3.8, 4) is 11.5 Å². The third kappa shape index (κ3) is 10.5. The average Bonchev–Trinajstić information content (AvgIpc) is 2.71. The average molecular weight is 570 g/mol. The summed E-state index contributed by atoms with van der Waals surface area (Å²) >= 11 is 0. The van der Waals surface area contributed by atoms with Crippen molar-refractivity contribution < 1.29 is 23.0 Å². The molecule has 184 valence electrons. The Kier molecular flexibility index (Phi) is 13.8. The van der Waals surface area contributed by atoms with Crippen molar-refractivity contribution in [2.75, 3.05) is 53.0 Å². The minimum atomic E-state index is -2.90. The van der Waals surface area contributed by atoms with E-state index in [-0.39, 0.29) is 41.6 Å². The lowest BCUT2D eigenvalue weighted by atomic mass is 10.1. The summed E-state index contributed by atoms with van der Waals surface area (Å²) in [7, 11) is 1.42. The van der Waals surface area contributed by atoms with Gasteiger partial charge in [-0.15, -0.1) is 24.0 Å². The first-order chi connectivity index (χ1) is 14.9. The van der Waals surface area contributed by atoms with Crippen molar-refractivity contribution >= 4 is 29.9 Å². The van der Waals surface area contributed by atoms with Gasteiger partial charge in [0.15, 0.2) is 17.5 Å². The zero-order chi connectivity index (χ0) is 22.6. The summed E-state index contributed by atoms with van der Waals surface area (Å²) in [5, 5.41) is 6.52. The van der Waals surface area contributed by atoms with Gasteiger partial charge in [0.1, 0.15) is 0 Å². The highest BCUT2D eigenvalue weighted by molar-refractivity contribution is 14.0. The maximum absolute atomic E-state index is 12.6. The van der Waals surface area contributed by atoms with E-state index in [9.17, 15) is 8.78 Å². The summed E-state index contributed by atoms with van der Waals surface area (Å²) < 4.78 is 40.7. The van der Waals surface area contributed by atoms with E-state index in [4.69, 9.17) is 9.47 Å². The topological polar surface area (TPSA) is 67.4 Å². The first-order valence-corrected chi connectivity index (χ1v) is 10.9. The molecule has 0 spiro atoms. The molecule has 1 aliphatic rings. The number of aliphatic imine (C=N–C) groups is 1. The van der Waals surface area contributed by atoms with Gasteiger partial charge >= 0.3 is 6.61 Å². The number of halogens is 3. The summed E-state index contributed by atoms with van der Waals surface area (Å²) in [6.07, 6.45) is 0.703. The standard InChI is InChI=1S/C22H36F2N4O3.HI/c1-5-25-22(27-13-18-15-28(10-11-30-18)14-16(2)3)26-9-8-17-6-7-19(29-4)20(12-17)31-21(23)24;/h6-7,12,16,18,21H,5,8-11,13-15H2,1-4H3,(H2,25,26,27);1H. The van der Waals surface area contributed by atoms with Gasteiger partial charge in [0, 0.05) is 32.7 Å². The van der Waals surface area contributed by atoms with Crippen molar-refractivity contribution in [3.05, 3.63) is 23.8 Å². The number of guanidine groups is 1. The SMILES string of the molecule is CCNC(=NCC1CN(CC(C)C)CCO1)NCCc1ccc(OC)c(OC(F)F)c1.I. The molecule has 0 aliphatic carbocycles. The van der Waals surface area contributed by atoms with Crippen LogP contribution in [0.5, 0.6) is 11.5 Å². The largest absolute Gasteiger partial charge is 0.493 e. The Morgan fingerprint density at radius 3 is 2.72 bits per heavy atom. The highest BCUT2D eigenvalue weighted by Crippen LogP contribution is 2.29. The van der Waals surface area contributed by atoms with Crippen LogP contribution in [0.25, 0.3) is 0 Å². The fourth-order valence-electron chi connectivity index (χ4n) is 3.50. The number of alkyl halides is 2. The Balaban J connectivity index is 0.00000512. The summed E-state index contributed by atoms with van der Waals surface area (Å²) in [6, 6.07) is 5.05. The Morgan fingerprint density at radius 1 is 1.28 bits per heavy atom. The summed E-state index contributed by atoms with van der Waals surface area (Å²) in [5.74, 6) is 1.66. The number of nitrogens with one attached hydrogen (secondary N) is 2. The molecule has 10 heteroatoms. The number of ether oxygens (including phenoxy) is 3. The van der Waals surface area contributed by atoms with E-state index in [1.165, 1.54) is 7.11 Å². The summed E-state index contributed by atoms with van der Waals surface area (Å²) in [5.41, 5.74) is 0.861. The van der Waals surface area contributed by atoms with Crippen LogP contribution in [0.1, 0.15) is 26.3 Å². The van der Waals surface area contributed by atoms with Crippen molar-refractivity contribution in [2.24, 2.45) is 10.9 Å². The van der Waals surface area contributed by atoms with Crippen LogP contribution < -0.4 is 20.1 Å². The number of nitrogens with zero attached hydrogens (tertiary/aromatic N) is 2. The molecule has 1 aromatic rings. The molecule has 0 aromatic heterocycles. The Morgan fingerprint density at radius 2 is 2.06 bits per heavy atom. The predicted octanol–water partition coefficient (Wildman–Crippen LogP) is 3.37. The zero-order valence-electron chi connectivity index (χ0n) is 19.4. The molecule has 2 rings (SSSR count). The minimum Gasteiger partial charge on any atom is -0.493 e. The van der Waals surface area contributed by atoms with Gasteiger partial charge in [-0.05, 0) is 37.0 Å². The number of benzene rings is 1. The van der Waals surface area contributed by atoms with Gasteiger partial charge in [0.25, 0.3) is 0 Å². The molecule has 2 N–H and O–H groups in total. The third-order valence-corrected chi connectivity index (χ3v) is 4.79. The monoisotopic (exact) mass is 570 g/mol. The van der Waals surface area contributed by atoms with Gasteiger partial charge in [-0.1, -0.05) is 19.9 Å². The van der Waals surface area contributed by atoms with E-state index in [0.717, 1.165) is 38.3 Å². The molecular weight excluding hydrogens is 533 g/mol. The van der Waals surface area contributed by atoms with E-state index >= 15 is 0 Å². The summed E-state index contributed by atoms with van der Waals surface area (Å²) in [4.78, 5) is 7.09. The van der Waals surface area contributed by atoms with Crippen molar-refractivity contribution in [1.82, 2.24) is 15.5 Å². The van der Waals surface area contributed by atoms with Crippen LogP contribution >= 0.6 is 24.0 Å². The molecule has 1 aliphatic heterocycles. The van der Waals surface area contributed by atoms with Crippen LogP contribution in [-0.4, -0.2) is 76.6 Å². The van der Waals surface area contributed by atoms with Crippen LogP contribution in [0.15, 0.2) is 23.2 Å². The lowest BCUT2D eigenvalue weighted by Crippen LogP contribution is -2.46. The fraction of sp³-hybridized carbons (Fsp3) is 0.682. The van der Waals surface area contributed by atoms with E-state index in [1.54, 1.807) is 12.1 Å². The third-order valence-electron chi connectivity index (χ3n) is 4.79. The smallest absolute Gasteiger partial charge is 0.387 e. The number of morpholine rings is 1. The Labute approximate surface area is 207 Å². The van der Waals surface area contributed by atoms with Gasteiger partial charge in [-0.25, -0.2) is 0 Å². The normalized spacial score (nSPS) is 17.2. The molecule has 1 fully saturated rings. The number of methoxy groups -OCH3 is 1. The second kappa shape index (κ2) is 15.4. The van der Waals surface area contributed by atoms with E-state index < -0.39 is 6.61 Å².